The highest BCUT2D eigenvalue weighted by molar-refractivity contribution is 7.10. The second-order valence-electron chi connectivity index (χ2n) is 8.64. The molecule has 3 atom stereocenters. The van der Waals surface area contributed by atoms with Crippen LogP contribution in [0.3, 0.4) is 0 Å². The number of esters is 2. The highest BCUT2D eigenvalue weighted by atomic mass is 32.1. The molecule has 1 aromatic heterocycles. The maximum Gasteiger partial charge on any atom is 0.336 e. The number of Topliss-reactive ketones (excluding diaryl/α,β-unsaturated/α-hetero) is 1. The molecular formula is C28H31NO5S. The molecule has 0 amide bonds. The van der Waals surface area contributed by atoms with Gasteiger partial charge < -0.3 is 14.8 Å². The molecule has 7 heteroatoms. The van der Waals surface area contributed by atoms with E-state index in [0.29, 0.717) is 24.0 Å². The van der Waals surface area contributed by atoms with Gasteiger partial charge in [-0.2, -0.15) is 0 Å². The number of nitrogens with one attached hydrogen (secondary N) is 1. The van der Waals surface area contributed by atoms with E-state index in [1.54, 1.807) is 13.8 Å². The largest absolute Gasteiger partial charge is 0.465 e. The van der Waals surface area contributed by atoms with Crippen molar-refractivity contribution in [1.82, 2.24) is 5.32 Å². The van der Waals surface area contributed by atoms with Crippen LogP contribution in [-0.4, -0.2) is 30.9 Å². The lowest BCUT2D eigenvalue weighted by Gasteiger charge is -2.39. The van der Waals surface area contributed by atoms with Crippen LogP contribution in [0.4, 0.5) is 0 Å². The number of ketones is 1. The SMILES string of the molecule is CCCC1=C(C(=O)OCC)[C@@H](c2ccccc2)C2=C(C[C@@H](c3cccs3)[C@@H](C(=O)OCC)C2=O)N1. The summed E-state index contributed by atoms with van der Waals surface area (Å²) in [7, 11) is 0. The smallest absolute Gasteiger partial charge is 0.336 e. The topological polar surface area (TPSA) is 81.7 Å². The van der Waals surface area contributed by atoms with Crippen molar-refractivity contribution in [2.45, 2.75) is 51.9 Å². The van der Waals surface area contributed by atoms with Gasteiger partial charge >= 0.3 is 11.9 Å². The van der Waals surface area contributed by atoms with E-state index in [0.717, 1.165) is 28.3 Å². The van der Waals surface area contributed by atoms with Gasteiger partial charge in [-0.3, -0.25) is 9.59 Å². The van der Waals surface area contributed by atoms with Crippen LogP contribution in [0.1, 0.15) is 62.3 Å². The molecule has 2 heterocycles. The van der Waals surface area contributed by atoms with E-state index in [-0.39, 0.29) is 24.9 Å². The monoisotopic (exact) mass is 493 g/mol. The van der Waals surface area contributed by atoms with Crippen LogP contribution in [0.15, 0.2) is 70.4 Å². The number of rotatable bonds is 8. The Bertz CT molecular complexity index is 1150. The number of hydrogen-bond donors (Lipinski definition) is 1. The molecular weight excluding hydrogens is 462 g/mol. The van der Waals surface area contributed by atoms with Crippen molar-refractivity contribution in [2.24, 2.45) is 5.92 Å². The highest BCUT2D eigenvalue weighted by Gasteiger charge is 2.49. The predicted molar refractivity (Wildman–Crippen MR) is 135 cm³/mol. The van der Waals surface area contributed by atoms with Crippen LogP contribution in [0, 0.1) is 5.92 Å². The zero-order valence-corrected chi connectivity index (χ0v) is 21.2. The van der Waals surface area contributed by atoms with Crippen molar-refractivity contribution in [3.63, 3.8) is 0 Å². The summed E-state index contributed by atoms with van der Waals surface area (Å²) in [5.74, 6) is -3.14. The van der Waals surface area contributed by atoms with Gasteiger partial charge in [-0.05, 0) is 43.7 Å². The lowest BCUT2D eigenvalue weighted by Crippen LogP contribution is -2.43. The number of ether oxygens (including phenoxy) is 2. The Morgan fingerprint density at radius 2 is 1.77 bits per heavy atom. The molecule has 35 heavy (non-hydrogen) atoms. The molecule has 184 valence electrons. The average Bonchev–Trinajstić information content (AvgIpc) is 3.39. The number of hydrogen-bond acceptors (Lipinski definition) is 7. The van der Waals surface area contributed by atoms with E-state index in [4.69, 9.17) is 9.47 Å². The summed E-state index contributed by atoms with van der Waals surface area (Å²) < 4.78 is 10.8. The molecule has 0 spiro atoms. The Hall–Kier alpha value is -3.19. The summed E-state index contributed by atoms with van der Waals surface area (Å²) in [5.41, 5.74) is 3.29. The van der Waals surface area contributed by atoms with Gasteiger partial charge in [-0.15, -0.1) is 11.3 Å². The number of dihydropyridines is 1. The number of thiophene rings is 1. The van der Waals surface area contributed by atoms with E-state index in [1.165, 1.54) is 11.3 Å². The Labute approximate surface area is 210 Å². The van der Waals surface area contributed by atoms with Crippen molar-refractivity contribution < 1.29 is 23.9 Å². The summed E-state index contributed by atoms with van der Waals surface area (Å²) in [6.07, 6.45) is 1.95. The molecule has 0 unspecified atom stereocenters. The van der Waals surface area contributed by atoms with E-state index in [1.807, 2.05) is 47.8 Å². The summed E-state index contributed by atoms with van der Waals surface area (Å²) in [6, 6.07) is 13.4. The number of allylic oxidation sites excluding steroid dienone is 3. The summed E-state index contributed by atoms with van der Waals surface area (Å²) in [6.45, 7) is 5.99. The Kier molecular flexibility index (Phi) is 7.86. The molecule has 1 aliphatic carbocycles. The molecule has 1 aromatic carbocycles. The van der Waals surface area contributed by atoms with Crippen LogP contribution < -0.4 is 5.32 Å². The molecule has 1 aliphatic heterocycles. The summed E-state index contributed by atoms with van der Waals surface area (Å²) in [5, 5.41) is 5.40. The fraction of sp³-hybridized carbons (Fsp3) is 0.393. The minimum atomic E-state index is -0.962. The third-order valence-electron chi connectivity index (χ3n) is 6.48. The van der Waals surface area contributed by atoms with Gasteiger partial charge in [0.2, 0.25) is 0 Å². The van der Waals surface area contributed by atoms with Crippen molar-refractivity contribution in [3.8, 4) is 0 Å². The quantitative estimate of drug-likeness (QED) is 0.400. The molecule has 0 bridgehead atoms. The minimum absolute atomic E-state index is 0.195. The van der Waals surface area contributed by atoms with Crippen LogP contribution in [0.2, 0.25) is 0 Å². The molecule has 0 fully saturated rings. The molecule has 2 aliphatic rings. The number of benzene rings is 1. The molecule has 6 nitrogen and oxygen atoms in total. The Balaban J connectivity index is 1.90. The van der Waals surface area contributed by atoms with Gasteiger partial charge in [0, 0.05) is 33.7 Å². The standard InChI is InChI=1S/C28H31NO5S/c1-4-11-19-25(28(32)34-6-3)22(17-12-8-7-9-13-17)24-20(29-19)16-18(21-14-10-15-35-21)23(26(24)30)27(31)33-5-2/h7-10,12-15,18,22-23,29H,4-6,11,16H2,1-3H3/t18-,22-,23+/m0/s1. The van der Waals surface area contributed by atoms with Crippen LogP contribution >= 0.6 is 11.3 Å². The van der Waals surface area contributed by atoms with E-state index >= 15 is 0 Å². The molecule has 0 radical (unpaired) electrons. The fourth-order valence-electron chi connectivity index (χ4n) is 5.10. The van der Waals surface area contributed by atoms with Gasteiger partial charge in [0.25, 0.3) is 0 Å². The van der Waals surface area contributed by atoms with E-state index in [2.05, 4.69) is 12.2 Å². The maximum atomic E-state index is 14.2. The van der Waals surface area contributed by atoms with Crippen LogP contribution in [-0.2, 0) is 23.9 Å². The van der Waals surface area contributed by atoms with Gasteiger partial charge in [-0.1, -0.05) is 49.7 Å². The first-order chi connectivity index (χ1) is 17.0. The molecule has 0 saturated heterocycles. The van der Waals surface area contributed by atoms with Gasteiger partial charge in [-0.25, -0.2) is 4.79 Å². The average molecular weight is 494 g/mol. The molecule has 2 aromatic rings. The normalized spacial score (nSPS) is 21.9. The van der Waals surface area contributed by atoms with Crippen molar-refractivity contribution in [3.05, 3.63) is 80.8 Å². The zero-order valence-electron chi connectivity index (χ0n) is 20.3. The molecule has 0 saturated carbocycles. The first-order valence-electron chi connectivity index (χ1n) is 12.2. The van der Waals surface area contributed by atoms with Crippen molar-refractivity contribution >= 4 is 29.1 Å². The molecule has 4 rings (SSSR count). The van der Waals surface area contributed by atoms with Crippen LogP contribution in [0.5, 0.6) is 0 Å². The Morgan fingerprint density at radius 3 is 2.40 bits per heavy atom. The summed E-state index contributed by atoms with van der Waals surface area (Å²) >= 11 is 1.53. The van der Waals surface area contributed by atoms with E-state index in [9.17, 15) is 14.4 Å². The third-order valence-corrected chi connectivity index (χ3v) is 7.49. The maximum absolute atomic E-state index is 14.2. The fourth-order valence-corrected chi connectivity index (χ4v) is 5.96. The second-order valence-corrected chi connectivity index (χ2v) is 9.62. The van der Waals surface area contributed by atoms with Crippen LogP contribution in [0.25, 0.3) is 0 Å². The van der Waals surface area contributed by atoms with E-state index < -0.39 is 23.8 Å². The minimum Gasteiger partial charge on any atom is -0.465 e. The highest BCUT2D eigenvalue weighted by Crippen LogP contribution is 2.49. The lowest BCUT2D eigenvalue weighted by molar-refractivity contribution is -0.152. The van der Waals surface area contributed by atoms with Gasteiger partial charge in [0.05, 0.1) is 18.8 Å². The lowest BCUT2D eigenvalue weighted by atomic mass is 9.68. The number of carbonyl (C=O) groups excluding carboxylic acids is 3. The number of carbonyl (C=O) groups is 3. The molecule has 1 N–H and O–H groups in total. The first-order valence-corrected chi connectivity index (χ1v) is 13.1. The van der Waals surface area contributed by atoms with Crippen molar-refractivity contribution in [2.75, 3.05) is 13.2 Å². The zero-order chi connectivity index (χ0) is 24.9. The summed E-state index contributed by atoms with van der Waals surface area (Å²) in [4.78, 5) is 41.6. The third kappa shape index (κ3) is 4.82. The predicted octanol–water partition coefficient (Wildman–Crippen LogP) is 5.24. The van der Waals surface area contributed by atoms with Gasteiger partial charge in [0.1, 0.15) is 5.92 Å². The second kappa shape index (κ2) is 11.0. The first kappa shape index (κ1) is 24.9. The van der Waals surface area contributed by atoms with Gasteiger partial charge in [0.15, 0.2) is 5.78 Å². The van der Waals surface area contributed by atoms with Crippen molar-refractivity contribution in [1.29, 1.82) is 0 Å². The Morgan fingerprint density at radius 1 is 1.03 bits per heavy atom.